The lowest BCUT2D eigenvalue weighted by Crippen LogP contribution is -2.30. The molecule has 1 N–H and O–H groups in total. The molecule has 0 fully saturated rings. The molecule has 4 heterocycles. The molecule has 11 heteroatoms. The van der Waals surface area contributed by atoms with Crippen molar-refractivity contribution in [2.24, 2.45) is 0 Å². The molecule has 0 saturated heterocycles. The number of carbonyl (C=O) groups excluding carboxylic acids is 2. The van der Waals surface area contributed by atoms with Crippen LogP contribution >= 0.6 is 11.5 Å². The van der Waals surface area contributed by atoms with Crippen LogP contribution < -0.4 is 15.1 Å². The lowest BCUT2D eigenvalue weighted by molar-refractivity contribution is -0.136. The fourth-order valence-electron chi connectivity index (χ4n) is 3.14. The van der Waals surface area contributed by atoms with E-state index in [0.29, 0.717) is 28.2 Å². The molecule has 1 aliphatic heterocycles. The molecule has 0 spiro atoms. The lowest BCUT2D eigenvalue weighted by Gasteiger charge is -2.19. The minimum Gasteiger partial charge on any atom is -0.458 e. The predicted molar refractivity (Wildman–Crippen MR) is 113 cm³/mol. The standard InChI is InChI=1S/C19H19N7O3S/c1-25-7-5-12-8-13(21-9-15(12)25)17-22-19(30-24-17)23-18-14(4-3-6-20-18)26(2)16(28)10-29-11-27/h3-4,6,8-9,11H,5,7,10H2,1-2H3,(H,20,22,23,24). The smallest absolute Gasteiger partial charge is 0.293 e. The lowest BCUT2D eigenvalue weighted by atomic mass is 10.2. The molecular formula is C19H19N7O3S. The summed E-state index contributed by atoms with van der Waals surface area (Å²) in [7, 11) is 3.63. The molecule has 10 nitrogen and oxygen atoms in total. The number of ether oxygens (including phenoxy) is 1. The zero-order valence-corrected chi connectivity index (χ0v) is 17.2. The minimum absolute atomic E-state index is 0.238. The highest BCUT2D eigenvalue weighted by Crippen LogP contribution is 2.31. The minimum atomic E-state index is -0.386. The highest BCUT2D eigenvalue weighted by Gasteiger charge is 2.20. The average molecular weight is 425 g/mol. The van der Waals surface area contributed by atoms with Crippen LogP contribution in [0.25, 0.3) is 11.5 Å². The maximum Gasteiger partial charge on any atom is 0.293 e. The van der Waals surface area contributed by atoms with Gasteiger partial charge in [-0.3, -0.25) is 14.6 Å². The zero-order chi connectivity index (χ0) is 21.1. The predicted octanol–water partition coefficient (Wildman–Crippen LogP) is 1.87. The third kappa shape index (κ3) is 3.92. The third-order valence-corrected chi connectivity index (χ3v) is 5.40. The highest BCUT2D eigenvalue weighted by atomic mass is 32.1. The fraction of sp³-hybridized carbons (Fsp3) is 0.263. The number of rotatable bonds is 7. The van der Waals surface area contributed by atoms with Crippen molar-refractivity contribution in [1.29, 1.82) is 0 Å². The largest absolute Gasteiger partial charge is 0.458 e. The quantitative estimate of drug-likeness (QED) is 0.567. The second-order valence-corrected chi connectivity index (χ2v) is 7.40. The molecule has 0 aromatic carbocycles. The van der Waals surface area contributed by atoms with Crippen molar-refractivity contribution in [3.63, 3.8) is 0 Å². The topological polar surface area (TPSA) is 113 Å². The van der Waals surface area contributed by atoms with Crippen LogP contribution in [-0.4, -0.2) is 59.0 Å². The van der Waals surface area contributed by atoms with Crippen LogP contribution in [0, 0.1) is 0 Å². The van der Waals surface area contributed by atoms with Crippen molar-refractivity contribution >= 4 is 46.2 Å². The van der Waals surface area contributed by atoms with Crippen LogP contribution in [0.2, 0.25) is 0 Å². The number of fused-ring (bicyclic) bond motifs is 1. The van der Waals surface area contributed by atoms with Gasteiger partial charge in [0.15, 0.2) is 18.2 Å². The summed E-state index contributed by atoms with van der Waals surface area (Å²) in [6.45, 7) is 0.864. The summed E-state index contributed by atoms with van der Waals surface area (Å²) in [6.07, 6.45) is 4.43. The number of amides is 1. The first-order valence-corrected chi connectivity index (χ1v) is 9.92. The summed E-state index contributed by atoms with van der Waals surface area (Å²) in [6, 6.07) is 5.47. The molecule has 1 amide bonds. The van der Waals surface area contributed by atoms with Crippen molar-refractivity contribution in [3.8, 4) is 11.5 Å². The number of hydrogen-bond donors (Lipinski definition) is 1. The van der Waals surface area contributed by atoms with Gasteiger partial charge in [0.2, 0.25) is 5.13 Å². The molecule has 0 saturated carbocycles. The van der Waals surface area contributed by atoms with E-state index >= 15 is 0 Å². The molecule has 4 rings (SSSR count). The molecule has 30 heavy (non-hydrogen) atoms. The van der Waals surface area contributed by atoms with Gasteiger partial charge in [0, 0.05) is 38.4 Å². The number of pyridine rings is 2. The van der Waals surface area contributed by atoms with E-state index in [1.165, 1.54) is 22.0 Å². The van der Waals surface area contributed by atoms with E-state index in [0.717, 1.165) is 18.7 Å². The van der Waals surface area contributed by atoms with E-state index in [1.807, 2.05) is 19.3 Å². The molecular weight excluding hydrogens is 406 g/mol. The average Bonchev–Trinajstić information content (AvgIpc) is 3.38. The van der Waals surface area contributed by atoms with Crippen molar-refractivity contribution in [2.45, 2.75) is 6.42 Å². The van der Waals surface area contributed by atoms with E-state index in [2.05, 4.69) is 34.3 Å². The molecule has 154 valence electrons. The van der Waals surface area contributed by atoms with Crippen LogP contribution in [0.3, 0.4) is 0 Å². The molecule has 3 aromatic rings. The van der Waals surface area contributed by atoms with Crippen molar-refractivity contribution < 1.29 is 14.3 Å². The summed E-state index contributed by atoms with van der Waals surface area (Å²) in [5.74, 6) is 0.579. The second kappa shape index (κ2) is 8.41. The van der Waals surface area contributed by atoms with Crippen LogP contribution in [0.1, 0.15) is 5.56 Å². The molecule has 0 bridgehead atoms. The number of carbonyl (C=O) groups is 2. The van der Waals surface area contributed by atoms with Crippen LogP contribution in [0.4, 0.5) is 22.3 Å². The van der Waals surface area contributed by atoms with Gasteiger partial charge in [-0.25, -0.2) is 4.98 Å². The van der Waals surface area contributed by atoms with Crippen molar-refractivity contribution in [2.75, 3.05) is 42.4 Å². The third-order valence-electron chi connectivity index (χ3n) is 4.77. The maximum atomic E-state index is 12.2. The van der Waals surface area contributed by atoms with E-state index < -0.39 is 0 Å². The Hall–Kier alpha value is -3.60. The molecule has 1 aliphatic rings. The van der Waals surface area contributed by atoms with Crippen LogP contribution in [-0.2, 0) is 20.7 Å². The van der Waals surface area contributed by atoms with Gasteiger partial charge in [0.25, 0.3) is 12.4 Å². The fourth-order valence-corrected chi connectivity index (χ4v) is 3.72. The van der Waals surface area contributed by atoms with E-state index in [-0.39, 0.29) is 19.0 Å². The highest BCUT2D eigenvalue weighted by molar-refractivity contribution is 7.09. The molecule has 0 atom stereocenters. The van der Waals surface area contributed by atoms with Gasteiger partial charge < -0.3 is 19.9 Å². The van der Waals surface area contributed by atoms with Gasteiger partial charge in [-0.15, -0.1) is 0 Å². The molecule has 0 unspecified atom stereocenters. The molecule has 0 radical (unpaired) electrons. The Morgan fingerprint density at radius 2 is 2.30 bits per heavy atom. The first-order valence-electron chi connectivity index (χ1n) is 9.15. The van der Waals surface area contributed by atoms with Gasteiger partial charge >= 0.3 is 0 Å². The van der Waals surface area contributed by atoms with Gasteiger partial charge in [-0.1, -0.05) is 0 Å². The van der Waals surface area contributed by atoms with Crippen molar-refractivity contribution in [1.82, 2.24) is 19.3 Å². The summed E-state index contributed by atoms with van der Waals surface area (Å²) in [5.41, 5.74) is 3.61. The van der Waals surface area contributed by atoms with E-state index in [1.54, 1.807) is 25.4 Å². The molecule has 3 aromatic heterocycles. The Morgan fingerprint density at radius 1 is 1.43 bits per heavy atom. The zero-order valence-electron chi connectivity index (χ0n) is 16.4. The van der Waals surface area contributed by atoms with Crippen LogP contribution in [0.15, 0.2) is 30.6 Å². The monoisotopic (exact) mass is 425 g/mol. The second-order valence-electron chi connectivity index (χ2n) is 6.65. The van der Waals surface area contributed by atoms with E-state index in [4.69, 9.17) is 0 Å². The number of nitrogens with zero attached hydrogens (tertiary/aromatic N) is 6. The van der Waals surface area contributed by atoms with Gasteiger partial charge in [0.1, 0.15) is 5.69 Å². The number of anilines is 4. The van der Waals surface area contributed by atoms with E-state index in [9.17, 15) is 9.59 Å². The Morgan fingerprint density at radius 3 is 3.13 bits per heavy atom. The maximum absolute atomic E-state index is 12.2. The Kier molecular flexibility index (Phi) is 5.53. The summed E-state index contributed by atoms with van der Waals surface area (Å²) in [5, 5.41) is 3.63. The van der Waals surface area contributed by atoms with Gasteiger partial charge in [-0.2, -0.15) is 9.36 Å². The van der Waals surface area contributed by atoms with Crippen LogP contribution in [0.5, 0.6) is 0 Å². The number of hydrogen-bond acceptors (Lipinski definition) is 10. The first kappa shape index (κ1) is 19.7. The van der Waals surface area contributed by atoms with Gasteiger partial charge in [-0.05, 0) is 30.2 Å². The number of nitrogens with one attached hydrogen (secondary N) is 1. The Labute approximate surface area is 176 Å². The van der Waals surface area contributed by atoms with Crippen molar-refractivity contribution in [3.05, 3.63) is 36.2 Å². The SMILES string of the molecule is CN1CCc2cc(-c3nsc(Nc4ncccc4N(C)C(=O)COC=O)n3)ncc21. The summed E-state index contributed by atoms with van der Waals surface area (Å²) in [4.78, 5) is 39.3. The number of likely N-dealkylation sites (N-methyl/N-ethyl adjacent to an activating group) is 2. The summed E-state index contributed by atoms with van der Waals surface area (Å²) >= 11 is 1.18. The normalized spacial score (nSPS) is 12.4. The first-order chi connectivity index (χ1) is 14.6. The molecule has 0 aliphatic carbocycles. The number of aromatic nitrogens is 4. The Bertz CT molecular complexity index is 1090. The Balaban J connectivity index is 1.53. The van der Waals surface area contributed by atoms with Gasteiger partial charge in [0.05, 0.1) is 17.6 Å². The summed E-state index contributed by atoms with van der Waals surface area (Å²) < 4.78 is 8.95.